The second-order valence-corrected chi connectivity index (χ2v) is 8.59. The van der Waals surface area contributed by atoms with Gasteiger partial charge in [-0.2, -0.15) is 0 Å². The van der Waals surface area contributed by atoms with E-state index >= 15 is 0 Å². The number of carbonyl (C=O) groups is 2. The number of aliphatic hydroxyl groups excluding tert-OH is 1. The number of ketones is 1. The van der Waals surface area contributed by atoms with Crippen LogP contribution < -0.4 is 9.47 Å². The quantitative estimate of drug-likeness (QED) is 0.157. The highest BCUT2D eigenvalue weighted by Crippen LogP contribution is 2.41. The third-order valence-corrected chi connectivity index (χ3v) is 6.08. The van der Waals surface area contributed by atoms with Crippen molar-refractivity contribution >= 4 is 17.4 Å². The summed E-state index contributed by atoms with van der Waals surface area (Å²) in [7, 11) is 0. The first-order chi connectivity index (χ1) is 17.5. The lowest BCUT2D eigenvalue weighted by Crippen LogP contribution is -2.29. The van der Waals surface area contributed by atoms with Gasteiger partial charge in [0.25, 0.3) is 11.7 Å². The molecule has 1 amide bonds. The van der Waals surface area contributed by atoms with Crippen molar-refractivity contribution in [2.75, 3.05) is 13.2 Å². The molecule has 1 saturated heterocycles. The molecule has 7 heteroatoms. The van der Waals surface area contributed by atoms with Gasteiger partial charge in [-0.1, -0.05) is 44.0 Å². The molecule has 1 aliphatic heterocycles. The number of furan rings is 1. The smallest absolute Gasteiger partial charge is 0.296 e. The number of hydrogen-bond donors (Lipinski definition) is 1. The zero-order valence-corrected chi connectivity index (χ0v) is 20.6. The van der Waals surface area contributed by atoms with Gasteiger partial charge in [-0.15, -0.1) is 0 Å². The molecule has 0 bridgehead atoms. The molecule has 1 fully saturated rings. The van der Waals surface area contributed by atoms with Crippen LogP contribution in [0.1, 0.15) is 56.0 Å². The predicted octanol–water partition coefficient (Wildman–Crippen LogP) is 5.87. The maximum atomic E-state index is 13.2. The number of ether oxygens (including phenoxy) is 2. The molecule has 0 aliphatic carbocycles. The Labute approximate surface area is 210 Å². The van der Waals surface area contributed by atoms with Crippen molar-refractivity contribution in [3.63, 3.8) is 0 Å². The SMILES string of the molecule is CCCCCOc1ccc(C2/C(=C(\O)c3cccc(OCC)c3)C(=O)C(=O)N2Cc2ccco2)cc1. The van der Waals surface area contributed by atoms with Crippen molar-refractivity contribution in [2.45, 2.75) is 45.7 Å². The molecule has 36 heavy (non-hydrogen) atoms. The van der Waals surface area contributed by atoms with Gasteiger partial charge >= 0.3 is 0 Å². The highest BCUT2D eigenvalue weighted by Gasteiger charge is 2.46. The summed E-state index contributed by atoms with van der Waals surface area (Å²) < 4.78 is 16.8. The Morgan fingerprint density at radius 3 is 2.47 bits per heavy atom. The normalized spacial score (nSPS) is 16.9. The van der Waals surface area contributed by atoms with E-state index in [1.165, 1.54) is 11.2 Å². The molecule has 2 aromatic carbocycles. The minimum atomic E-state index is -0.792. The summed E-state index contributed by atoms with van der Waals surface area (Å²) in [4.78, 5) is 27.8. The van der Waals surface area contributed by atoms with Gasteiger partial charge in [0.05, 0.1) is 37.6 Å². The number of likely N-dealkylation sites (tertiary alicyclic amines) is 1. The van der Waals surface area contributed by atoms with Crippen LogP contribution in [-0.2, 0) is 16.1 Å². The third-order valence-electron chi connectivity index (χ3n) is 6.08. The summed E-state index contributed by atoms with van der Waals surface area (Å²) in [5.74, 6) is 0.122. The van der Waals surface area contributed by atoms with Crippen molar-refractivity contribution in [2.24, 2.45) is 0 Å². The van der Waals surface area contributed by atoms with E-state index in [1.54, 1.807) is 36.4 Å². The number of hydrogen-bond acceptors (Lipinski definition) is 6. The van der Waals surface area contributed by atoms with E-state index in [2.05, 4.69) is 6.92 Å². The van der Waals surface area contributed by atoms with Crippen LogP contribution in [0.4, 0.5) is 0 Å². The van der Waals surface area contributed by atoms with Gasteiger partial charge in [0.1, 0.15) is 23.0 Å². The van der Waals surface area contributed by atoms with Crippen LogP contribution in [0.25, 0.3) is 5.76 Å². The van der Waals surface area contributed by atoms with E-state index in [1.807, 2.05) is 31.2 Å². The second-order valence-electron chi connectivity index (χ2n) is 8.59. The molecule has 0 saturated carbocycles. The van der Waals surface area contributed by atoms with E-state index in [0.717, 1.165) is 19.3 Å². The molecule has 188 valence electrons. The summed E-state index contributed by atoms with van der Waals surface area (Å²) in [5.41, 5.74) is 1.11. The lowest BCUT2D eigenvalue weighted by molar-refractivity contribution is -0.140. The van der Waals surface area contributed by atoms with Crippen LogP contribution in [0, 0.1) is 0 Å². The molecule has 4 rings (SSSR count). The van der Waals surface area contributed by atoms with Gasteiger partial charge in [0.2, 0.25) is 0 Å². The average Bonchev–Trinajstić information content (AvgIpc) is 3.49. The van der Waals surface area contributed by atoms with E-state index in [4.69, 9.17) is 13.9 Å². The third kappa shape index (κ3) is 5.46. The lowest BCUT2D eigenvalue weighted by atomic mass is 9.95. The number of carbonyl (C=O) groups excluding carboxylic acids is 2. The minimum Gasteiger partial charge on any atom is -0.507 e. The molecule has 1 unspecified atom stereocenters. The zero-order valence-electron chi connectivity index (χ0n) is 20.6. The average molecular weight is 490 g/mol. The van der Waals surface area contributed by atoms with Gasteiger partial charge < -0.3 is 23.9 Å². The highest BCUT2D eigenvalue weighted by molar-refractivity contribution is 6.46. The number of benzene rings is 2. The maximum absolute atomic E-state index is 13.2. The molecule has 1 N–H and O–H groups in total. The first-order valence-electron chi connectivity index (χ1n) is 12.3. The Bertz CT molecular complexity index is 1210. The van der Waals surface area contributed by atoms with Crippen molar-refractivity contribution in [3.8, 4) is 11.5 Å². The second kappa shape index (κ2) is 11.6. The maximum Gasteiger partial charge on any atom is 0.296 e. The number of Topliss-reactive ketones (excluding diaryl/α,β-unsaturated/α-hetero) is 1. The predicted molar refractivity (Wildman–Crippen MR) is 136 cm³/mol. The van der Waals surface area contributed by atoms with Gasteiger partial charge in [0.15, 0.2) is 0 Å². The van der Waals surface area contributed by atoms with E-state index in [0.29, 0.717) is 41.6 Å². The van der Waals surface area contributed by atoms with E-state index in [9.17, 15) is 14.7 Å². The molecule has 0 spiro atoms. The number of nitrogens with zero attached hydrogens (tertiary/aromatic N) is 1. The molecule has 1 atom stereocenters. The summed E-state index contributed by atoms with van der Waals surface area (Å²) in [6, 6.07) is 16.8. The fraction of sp³-hybridized carbons (Fsp3) is 0.310. The first-order valence-corrected chi connectivity index (χ1v) is 12.3. The number of aliphatic hydroxyl groups is 1. The zero-order chi connectivity index (χ0) is 25.5. The molecule has 2 heterocycles. The molecule has 3 aromatic rings. The summed E-state index contributed by atoms with van der Waals surface area (Å²) in [6.07, 6.45) is 4.71. The van der Waals surface area contributed by atoms with Crippen LogP contribution in [0.2, 0.25) is 0 Å². The van der Waals surface area contributed by atoms with Gasteiger partial charge in [0, 0.05) is 5.56 Å². The van der Waals surface area contributed by atoms with Crippen LogP contribution in [-0.4, -0.2) is 34.9 Å². The fourth-order valence-corrected chi connectivity index (χ4v) is 4.30. The standard InChI is InChI=1S/C29H31NO6/c1-3-5-6-16-35-22-14-12-20(13-15-22)26-25(27(31)21-9-7-10-23(18-21)34-4-2)28(32)29(33)30(26)19-24-11-8-17-36-24/h7-15,17-18,26,31H,3-6,16,19H2,1-2H3/b27-25+. The van der Waals surface area contributed by atoms with E-state index < -0.39 is 17.7 Å². The summed E-state index contributed by atoms with van der Waals surface area (Å²) in [5, 5.41) is 11.3. The number of amides is 1. The van der Waals surface area contributed by atoms with Crippen molar-refractivity contribution in [1.82, 2.24) is 4.90 Å². The van der Waals surface area contributed by atoms with E-state index in [-0.39, 0.29) is 17.9 Å². The largest absolute Gasteiger partial charge is 0.507 e. The Kier molecular flexibility index (Phi) is 8.10. The Balaban J connectivity index is 1.72. The number of unbranched alkanes of at least 4 members (excludes halogenated alkanes) is 2. The molecular weight excluding hydrogens is 458 g/mol. The highest BCUT2D eigenvalue weighted by atomic mass is 16.5. The summed E-state index contributed by atoms with van der Waals surface area (Å²) in [6.45, 7) is 5.18. The van der Waals surface area contributed by atoms with Gasteiger partial charge in [-0.25, -0.2) is 0 Å². The fourth-order valence-electron chi connectivity index (χ4n) is 4.30. The minimum absolute atomic E-state index is 0.0248. The van der Waals surface area contributed by atoms with Crippen LogP contribution in [0.3, 0.4) is 0 Å². The topological polar surface area (TPSA) is 89.2 Å². The molecular formula is C29H31NO6. The van der Waals surface area contributed by atoms with Crippen LogP contribution in [0.15, 0.2) is 76.9 Å². The Morgan fingerprint density at radius 1 is 0.972 bits per heavy atom. The monoisotopic (exact) mass is 489 g/mol. The van der Waals surface area contributed by atoms with Gasteiger partial charge in [-0.3, -0.25) is 9.59 Å². The molecule has 0 radical (unpaired) electrons. The molecule has 1 aromatic heterocycles. The number of rotatable bonds is 11. The van der Waals surface area contributed by atoms with Crippen LogP contribution >= 0.6 is 0 Å². The molecule has 1 aliphatic rings. The lowest BCUT2D eigenvalue weighted by Gasteiger charge is -2.24. The van der Waals surface area contributed by atoms with Crippen molar-refractivity contribution in [1.29, 1.82) is 0 Å². The summed E-state index contributed by atoms with van der Waals surface area (Å²) >= 11 is 0. The van der Waals surface area contributed by atoms with Gasteiger partial charge in [-0.05, 0) is 55.3 Å². The first kappa shape index (κ1) is 25.1. The Hall–Kier alpha value is -4.00. The van der Waals surface area contributed by atoms with Crippen molar-refractivity contribution in [3.05, 3.63) is 89.4 Å². The van der Waals surface area contributed by atoms with Crippen molar-refractivity contribution < 1.29 is 28.6 Å². The Morgan fingerprint density at radius 2 is 1.78 bits per heavy atom. The molecule has 7 nitrogen and oxygen atoms in total. The van der Waals surface area contributed by atoms with Crippen LogP contribution in [0.5, 0.6) is 11.5 Å².